The van der Waals surface area contributed by atoms with Crippen molar-refractivity contribution in [1.82, 2.24) is 0 Å². The van der Waals surface area contributed by atoms with Gasteiger partial charge in [0.15, 0.2) is 0 Å². The molecule has 0 amide bonds. The summed E-state index contributed by atoms with van der Waals surface area (Å²) in [5.74, 6) is 0.382. The molecular formula is C2H3CuO3P. The van der Waals surface area contributed by atoms with E-state index in [1.54, 1.807) is 0 Å². The Morgan fingerprint density at radius 1 is 1.57 bits per heavy atom. The van der Waals surface area contributed by atoms with E-state index in [9.17, 15) is 14.4 Å². The minimum atomic E-state index is -4.38. The molecule has 5 heteroatoms. The van der Waals surface area contributed by atoms with Gasteiger partial charge in [0.2, 0.25) is 0 Å². The summed E-state index contributed by atoms with van der Waals surface area (Å²) < 4.78 is 9.35. The van der Waals surface area contributed by atoms with Gasteiger partial charge in [-0.25, -0.2) is 0 Å². The first-order chi connectivity index (χ1) is 2.56. The molecule has 0 rings (SSSR count). The monoisotopic (exact) mass is 169 g/mol. The molecule has 0 unspecified atom stereocenters. The van der Waals surface area contributed by atoms with Crippen LogP contribution in [-0.4, -0.2) is 0 Å². The Bertz CT molecular complexity index is 95.1. The molecule has 0 saturated carbocycles. The van der Waals surface area contributed by atoms with Gasteiger partial charge in [0.1, 0.15) is 0 Å². The molecule has 0 heterocycles. The Balaban J connectivity index is 0. The average molecular weight is 170 g/mol. The van der Waals surface area contributed by atoms with Gasteiger partial charge in [-0.1, -0.05) is 12.4 Å². The fourth-order valence-electron chi connectivity index (χ4n) is 0. The molecule has 0 aliphatic carbocycles. The second kappa shape index (κ2) is 3.42. The van der Waals surface area contributed by atoms with Crippen LogP contribution in [0.2, 0.25) is 0 Å². The molecule has 0 aromatic carbocycles. The predicted octanol–water partition coefficient (Wildman–Crippen LogP) is -0.959. The summed E-state index contributed by atoms with van der Waals surface area (Å²) >= 11 is 0. The molecule has 0 fully saturated rings. The minimum absolute atomic E-state index is 0. The summed E-state index contributed by atoms with van der Waals surface area (Å²) in [6.45, 7) is 2.74. The molecule has 1 radical (unpaired) electrons. The third-order valence-corrected chi connectivity index (χ3v) is 0.671. The molecule has 0 saturated heterocycles. The van der Waals surface area contributed by atoms with Crippen LogP contribution in [0.4, 0.5) is 0 Å². The van der Waals surface area contributed by atoms with E-state index in [1.165, 1.54) is 0 Å². The van der Waals surface area contributed by atoms with Gasteiger partial charge in [-0.05, 0) is 7.60 Å². The molecule has 0 N–H and O–H groups in total. The van der Waals surface area contributed by atoms with Crippen LogP contribution < -0.4 is 9.79 Å². The van der Waals surface area contributed by atoms with E-state index in [0.717, 1.165) is 0 Å². The standard InChI is InChI=1S/C2H5O3P.Cu/c1-2-6(3,4)5;/h2H,1H2,(H2,3,4,5);/q;+2/p-2. The van der Waals surface area contributed by atoms with Gasteiger partial charge in [0.05, 0.1) is 0 Å². The van der Waals surface area contributed by atoms with E-state index in [-0.39, 0.29) is 17.1 Å². The number of rotatable bonds is 1. The second-order valence-corrected chi connectivity index (χ2v) is 2.17. The van der Waals surface area contributed by atoms with Crippen molar-refractivity contribution in [3.8, 4) is 0 Å². The molecule has 0 bridgehead atoms. The summed E-state index contributed by atoms with van der Waals surface area (Å²) in [4.78, 5) is 18.7. The molecule has 0 spiro atoms. The first-order valence-corrected chi connectivity index (χ1v) is 2.83. The first kappa shape index (κ1) is 10.4. The van der Waals surface area contributed by atoms with Crippen molar-refractivity contribution in [2.24, 2.45) is 0 Å². The largest absolute Gasteiger partial charge is 2.00 e. The van der Waals surface area contributed by atoms with Crippen molar-refractivity contribution in [1.29, 1.82) is 0 Å². The summed E-state index contributed by atoms with van der Waals surface area (Å²) in [6.07, 6.45) is 0. The maximum absolute atomic E-state index is 9.35. The van der Waals surface area contributed by atoms with Crippen LogP contribution in [-0.2, 0) is 21.6 Å². The fraction of sp³-hybridized carbons (Fsp3) is 0. The quantitative estimate of drug-likeness (QED) is 0.375. The maximum Gasteiger partial charge on any atom is 2.00 e. The van der Waals surface area contributed by atoms with Gasteiger partial charge >= 0.3 is 17.1 Å². The smallest absolute Gasteiger partial charge is 0.808 e. The molecular weight excluding hydrogens is 167 g/mol. The van der Waals surface area contributed by atoms with Crippen LogP contribution in [0.15, 0.2) is 12.4 Å². The molecule has 0 aliphatic rings. The maximum atomic E-state index is 9.35. The Hall–Kier alpha value is 0.409. The summed E-state index contributed by atoms with van der Waals surface area (Å²) in [6, 6.07) is 0. The van der Waals surface area contributed by atoms with Crippen LogP contribution in [0, 0.1) is 0 Å². The second-order valence-electron chi connectivity index (χ2n) is 0.722. The number of hydrogen-bond acceptors (Lipinski definition) is 3. The van der Waals surface area contributed by atoms with E-state index in [4.69, 9.17) is 0 Å². The van der Waals surface area contributed by atoms with E-state index in [2.05, 4.69) is 6.58 Å². The van der Waals surface area contributed by atoms with Crippen molar-refractivity contribution in [2.45, 2.75) is 0 Å². The third-order valence-electron chi connectivity index (χ3n) is 0.224. The fourth-order valence-corrected chi connectivity index (χ4v) is 0. The van der Waals surface area contributed by atoms with Crippen LogP contribution in [0.3, 0.4) is 0 Å². The van der Waals surface area contributed by atoms with Gasteiger partial charge in [-0.15, -0.1) is 0 Å². The Kier molecular flexibility index (Phi) is 5.08. The van der Waals surface area contributed by atoms with Crippen molar-refractivity contribution < 1.29 is 31.4 Å². The Morgan fingerprint density at radius 3 is 1.71 bits per heavy atom. The molecule has 0 aliphatic heterocycles. The summed E-state index contributed by atoms with van der Waals surface area (Å²) in [5, 5.41) is 0. The van der Waals surface area contributed by atoms with E-state index >= 15 is 0 Å². The zero-order valence-corrected chi connectivity index (χ0v) is 5.09. The zero-order valence-electron chi connectivity index (χ0n) is 3.26. The Labute approximate surface area is 52.1 Å². The molecule has 0 atom stereocenters. The van der Waals surface area contributed by atoms with Crippen molar-refractivity contribution >= 4 is 7.60 Å². The van der Waals surface area contributed by atoms with E-state index in [1.807, 2.05) is 0 Å². The van der Waals surface area contributed by atoms with E-state index < -0.39 is 7.60 Å². The van der Waals surface area contributed by atoms with Gasteiger partial charge in [0.25, 0.3) is 0 Å². The van der Waals surface area contributed by atoms with Gasteiger partial charge in [0, 0.05) is 0 Å². The van der Waals surface area contributed by atoms with E-state index in [0.29, 0.717) is 5.82 Å². The topological polar surface area (TPSA) is 63.2 Å². The van der Waals surface area contributed by atoms with Gasteiger partial charge < -0.3 is 14.4 Å². The Morgan fingerprint density at radius 2 is 1.71 bits per heavy atom. The van der Waals surface area contributed by atoms with Crippen LogP contribution in [0.25, 0.3) is 0 Å². The van der Waals surface area contributed by atoms with Crippen LogP contribution in [0.5, 0.6) is 0 Å². The van der Waals surface area contributed by atoms with Crippen molar-refractivity contribution in [3.63, 3.8) is 0 Å². The average Bonchev–Trinajstić information content (AvgIpc) is 1.35. The molecule has 7 heavy (non-hydrogen) atoms. The van der Waals surface area contributed by atoms with Gasteiger partial charge in [-0.3, -0.25) is 0 Å². The van der Waals surface area contributed by atoms with Crippen LogP contribution >= 0.6 is 7.60 Å². The minimum Gasteiger partial charge on any atom is -0.808 e. The number of hydrogen-bond donors (Lipinski definition) is 0. The van der Waals surface area contributed by atoms with Gasteiger partial charge in [-0.2, -0.15) is 0 Å². The van der Waals surface area contributed by atoms with Crippen LogP contribution in [0.1, 0.15) is 0 Å². The first-order valence-electron chi connectivity index (χ1n) is 1.21. The SMILES string of the molecule is C=CP(=O)([O-])[O-].[Cu+2]. The molecule has 45 valence electrons. The summed E-state index contributed by atoms with van der Waals surface area (Å²) in [7, 11) is -4.38. The zero-order chi connectivity index (χ0) is 5.21. The normalized spacial score (nSPS) is 9.43. The van der Waals surface area contributed by atoms with Crippen molar-refractivity contribution in [3.05, 3.63) is 12.4 Å². The predicted molar refractivity (Wildman–Crippen MR) is 17.8 cm³/mol. The summed E-state index contributed by atoms with van der Waals surface area (Å²) in [5.41, 5.74) is 0. The molecule has 0 aromatic heterocycles. The third kappa shape index (κ3) is 10.7. The van der Waals surface area contributed by atoms with Crippen molar-refractivity contribution in [2.75, 3.05) is 0 Å². The molecule has 3 nitrogen and oxygen atoms in total. The molecule has 0 aromatic rings.